The Morgan fingerprint density at radius 1 is 0.900 bits per heavy atom. The second-order valence-corrected chi connectivity index (χ2v) is 12.9. The number of nitrogens with two attached hydrogens (primary N) is 2. The van der Waals surface area contributed by atoms with E-state index in [1.165, 1.54) is 6.08 Å². The van der Waals surface area contributed by atoms with E-state index in [1.807, 2.05) is 0 Å². The van der Waals surface area contributed by atoms with Gasteiger partial charge < -0.3 is 29.6 Å². The molecule has 1 aromatic carbocycles. The average molecular weight is 708 g/mol. The van der Waals surface area contributed by atoms with Crippen LogP contribution in [0.25, 0.3) is 0 Å². The fourth-order valence-corrected chi connectivity index (χ4v) is 5.28. The lowest BCUT2D eigenvalue weighted by Crippen LogP contribution is -2.59. The lowest BCUT2D eigenvalue weighted by atomic mass is 9.82. The maximum Gasteiger partial charge on any atom is 0.358 e. The van der Waals surface area contributed by atoms with Crippen LogP contribution in [0, 0.1) is 11.8 Å². The van der Waals surface area contributed by atoms with Crippen molar-refractivity contribution < 1.29 is 53.6 Å². The van der Waals surface area contributed by atoms with Crippen LogP contribution in [-0.2, 0) is 40.0 Å². The van der Waals surface area contributed by atoms with Crippen molar-refractivity contribution in [1.82, 2.24) is 5.01 Å². The number of aliphatic carboxylic acids is 2. The predicted octanol–water partition coefficient (Wildman–Crippen LogP) is 4.11. The second-order valence-electron chi connectivity index (χ2n) is 12.9. The van der Waals surface area contributed by atoms with Gasteiger partial charge in [-0.15, -0.1) is 0 Å². The summed E-state index contributed by atoms with van der Waals surface area (Å²) in [5.41, 5.74) is -2.49. The summed E-state index contributed by atoms with van der Waals surface area (Å²) in [6, 6.07) is 4.94. The molecule has 0 saturated heterocycles. The number of carbonyl (C=O) groups excluding carboxylic acids is 3. The molecule has 14 nitrogen and oxygen atoms in total. The van der Waals surface area contributed by atoms with E-state index in [4.69, 9.17) is 21.2 Å². The van der Waals surface area contributed by atoms with Gasteiger partial charge in [0, 0.05) is 33.0 Å². The van der Waals surface area contributed by atoms with Crippen molar-refractivity contribution in [2.75, 3.05) is 20.3 Å². The number of rotatable bonds is 28. The molecule has 1 aromatic rings. The highest BCUT2D eigenvalue weighted by atomic mass is 16.7. The highest BCUT2D eigenvalue weighted by Gasteiger charge is 2.51. The topological polar surface area (TPSA) is 229 Å². The SMILES string of the molecule is COCCCCCCC(=O)CCCCCC/C=C/[C@H](C(=O)N(N)[C@@H](Cc1ccc(OCCC(C)C)cc1)C(=O)O)[C@@](O)(CC(=O)O)C(=O)ON. The highest BCUT2D eigenvalue weighted by molar-refractivity contribution is 5.95. The summed E-state index contributed by atoms with van der Waals surface area (Å²) >= 11 is 0. The molecule has 0 spiro atoms. The van der Waals surface area contributed by atoms with Crippen molar-refractivity contribution >= 4 is 29.6 Å². The Balaban J connectivity index is 2.93. The molecule has 0 aliphatic rings. The Bertz CT molecular complexity index is 1220. The van der Waals surface area contributed by atoms with Crippen molar-refractivity contribution in [3.8, 4) is 5.75 Å². The van der Waals surface area contributed by atoms with Gasteiger partial charge in [-0.1, -0.05) is 63.8 Å². The van der Waals surface area contributed by atoms with Crippen LogP contribution < -0.4 is 16.5 Å². The number of carboxylic acids is 2. The van der Waals surface area contributed by atoms with Gasteiger partial charge in [0.15, 0.2) is 5.60 Å². The minimum absolute atomic E-state index is 0.233. The summed E-state index contributed by atoms with van der Waals surface area (Å²) in [5.74, 6) is 4.44. The summed E-state index contributed by atoms with van der Waals surface area (Å²) in [5, 5.41) is 31.0. The summed E-state index contributed by atoms with van der Waals surface area (Å²) in [7, 11) is 1.67. The molecule has 0 aliphatic heterocycles. The third kappa shape index (κ3) is 16.7. The van der Waals surface area contributed by atoms with Gasteiger partial charge in [0.25, 0.3) is 0 Å². The second kappa shape index (κ2) is 24.3. The minimum atomic E-state index is -2.99. The number of amides is 1. The van der Waals surface area contributed by atoms with Crippen molar-refractivity contribution in [3.05, 3.63) is 42.0 Å². The van der Waals surface area contributed by atoms with E-state index in [9.17, 15) is 39.3 Å². The molecule has 1 rings (SSSR count). The molecule has 0 fully saturated rings. The number of ether oxygens (including phenoxy) is 2. The van der Waals surface area contributed by atoms with E-state index in [0.717, 1.165) is 64.0 Å². The summed E-state index contributed by atoms with van der Waals surface area (Å²) in [6.07, 6.45) is 10.2. The summed E-state index contributed by atoms with van der Waals surface area (Å²) < 4.78 is 10.7. The maximum absolute atomic E-state index is 13.7. The van der Waals surface area contributed by atoms with Gasteiger partial charge in [0.2, 0.25) is 5.91 Å². The molecule has 50 heavy (non-hydrogen) atoms. The number of hydrogen-bond acceptors (Lipinski definition) is 11. The van der Waals surface area contributed by atoms with Crippen molar-refractivity contribution in [1.29, 1.82) is 0 Å². The normalized spacial score (nSPS) is 13.8. The summed E-state index contributed by atoms with van der Waals surface area (Å²) in [6.45, 7) is 5.38. The maximum atomic E-state index is 13.7. The van der Waals surface area contributed by atoms with Gasteiger partial charge in [-0.25, -0.2) is 15.4 Å². The van der Waals surface area contributed by atoms with Gasteiger partial charge in [-0.2, -0.15) is 5.90 Å². The van der Waals surface area contributed by atoms with E-state index in [-0.39, 0.29) is 12.2 Å². The number of nitrogens with zero attached hydrogens (tertiary/aromatic N) is 1. The van der Waals surface area contributed by atoms with Gasteiger partial charge in [0.05, 0.1) is 18.9 Å². The molecule has 282 valence electrons. The first-order valence-corrected chi connectivity index (χ1v) is 17.3. The Kier molecular flexibility index (Phi) is 21.5. The third-order valence-corrected chi connectivity index (χ3v) is 8.31. The molecule has 0 aromatic heterocycles. The quantitative estimate of drug-likeness (QED) is 0.0272. The summed E-state index contributed by atoms with van der Waals surface area (Å²) in [4.78, 5) is 66.5. The molecule has 7 N–H and O–H groups in total. The number of carbonyl (C=O) groups is 5. The van der Waals surface area contributed by atoms with Gasteiger partial charge in [-0.05, 0) is 62.1 Å². The molecule has 0 radical (unpaired) electrons. The molecule has 0 heterocycles. The number of carboxylic acid groups (broad SMARTS) is 2. The van der Waals surface area contributed by atoms with E-state index < -0.39 is 47.8 Å². The lowest BCUT2D eigenvalue weighted by Gasteiger charge is -2.34. The average Bonchev–Trinajstić information content (AvgIpc) is 3.07. The minimum Gasteiger partial charge on any atom is -0.494 e. The number of allylic oxidation sites excluding steroid dienone is 1. The molecule has 0 unspecified atom stereocenters. The molecule has 0 saturated carbocycles. The van der Waals surface area contributed by atoms with Crippen LogP contribution >= 0.6 is 0 Å². The molecular weight excluding hydrogens is 650 g/mol. The Morgan fingerprint density at radius 3 is 2.04 bits per heavy atom. The Morgan fingerprint density at radius 2 is 1.50 bits per heavy atom. The van der Waals surface area contributed by atoms with Crippen LogP contribution in [-0.4, -0.2) is 81.9 Å². The molecule has 1 amide bonds. The monoisotopic (exact) mass is 707 g/mol. The number of hydrogen-bond donors (Lipinski definition) is 5. The van der Waals surface area contributed by atoms with Crippen LogP contribution in [0.1, 0.15) is 103 Å². The largest absolute Gasteiger partial charge is 0.494 e. The molecule has 0 aliphatic carbocycles. The zero-order valence-corrected chi connectivity index (χ0v) is 29.7. The fraction of sp³-hybridized carbons (Fsp3) is 0.639. The highest BCUT2D eigenvalue weighted by Crippen LogP contribution is 2.28. The van der Waals surface area contributed by atoms with Crippen LogP contribution in [0.4, 0.5) is 0 Å². The van der Waals surface area contributed by atoms with Crippen LogP contribution in [0.15, 0.2) is 36.4 Å². The Hall–Kier alpha value is -3.85. The molecule has 0 bridgehead atoms. The number of methoxy groups -OCH3 is 1. The first kappa shape index (κ1) is 44.2. The zero-order valence-electron chi connectivity index (χ0n) is 29.7. The number of benzene rings is 1. The number of ketones is 1. The standard InChI is InChI=1S/C36H57N3O11/c1-26(2)21-23-49-29-19-17-27(18-20-29)24-31(34(44)45)39(37)33(43)30(36(47,25-32(41)42)35(46)50-38)16-12-7-5-4-6-10-14-28(40)15-11-8-9-13-22-48-3/h12,16-20,26,30-31,47H,4-11,13-15,21-25,37-38H2,1-3H3,(H,41,42)(H,44,45)/b16-12+/t30-,31+,36+/m1/s1. The fourth-order valence-electron chi connectivity index (χ4n) is 5.28. The first-order chi connectivity index (χ1) is 23.8. The smallest absolute Gasteiger partial charge is 0.358 e. The van der Waals surface area contributed by atoms with Crippen LogP contribution in [0.3, 0.4) is 0 Å². The number of hydrazine groups is 1. The number of unbranched alkanes of at least 4 members (excludes halogenated alkanes) is 7. The lowest BCUT2D eigenvalue weighted by molar-refractivity contribution is -0.180. The van der Waals surface area contributed by atoms with Crippen LogP contribution in [0.5, 0.6) is 5.75 Å². The predicted molar refractivity (Wildman–Crippen MR) is 185 cm³/mol. The zero-order chi connectivity index (χ0) is 37.5. The molecular formula is C36H57N3O11. The molecule has 3 atom stereocenters. The third-order valence-electron chi connectivity index (χ3n) is 8.31. The number of aliphatic hydroxyl groups is 1. The van der Waals surface area contributed by atoms with Crippen molar-refractivity contribution in [2.45, 2.75) is 115 Å². The van der Waals surface area contributed by atoms with Crippen molar-refractivity contribution in [3.63, 3.8) is 0 Å². The van der Waals surface area contributed by atoms with E-state index in [2.05, 4.69) is 18.7 Å². The Labute approximate surface area is 295 Å². The van der Waals surface area contributed by atoms with Gasteiger partial charge >= 0.3 is 17.9 Å². The van der Waals surface area contributed by atoms with Crippen molar-refractivity contribution in [2.24, 2.45) is 23.6 Å². The number of Topliss-reactive ketones (excluding diaryl/α,β-unsaturated/α-hetero) is 1. The molecule has 14 heteroatoms. The van der Waals surface area contributed by atoms with E-state index in [1.54, 1.807) is 31.4 Å². The van der Waals surface area contributed by atoms with Crippen LogP contribution in [0.2, 0.25) is 0 Å². The van der Waals surface area contributed by atoms with Gasteiger partial charge in [0.1, 0.15) is 17.6 Å². The van der Waals surface area contributed by atoms with E-state index >= 15 is 0 Å². The van der Waals surface area contributed by atoms with Gasteiger partial charge in [-0.3, -0.25) is 19.4 Å². The van der Waals surface area contributed by atoms with E-state index in [0.29, 0.717) is 54.5 Å². The first-order valence-electron chi connectivity index (χ1n) is 17.3.